The third-order valence-electron chi connectivity index (χ3n) is 6.02. The van der Waals surface area contributed by atoms with E-state index in [1.807, 2.05) is 0 Å². The average molecular weight is 549 g/mol. The van der Waals surface area contributed by atoms with Crippen molar-refractivity contribution in [1.29, 1.82) is 0 Å². The molecule has 0 spiro atoms. The summed E-state index contributed by atoms with van der Waals surface area (Å²) in [4.78, 5) is 42.7. The average Bonchev–Trinajstić information content (AvgIpc) is 3.48. The second-order valence-electron chi connectivity index (χ2n) is 8.44. The lowest BCUT2D eigenvalue weighted by Gasteiger charge is -2.24. The molecule has 0 bridgehead atoms. The number of carboxylic acid groups (broad SMARTS) is 1. The van der Waals surface area contributed by atoms with Crippen LogP contribution < -0.4 is 14.9 Å². The number of aromatic nitrogens is 1. The van der Waals surface area contributed by atoms with Crippen molar-refractivity contribution >= 4 is 41.0 Å². The molecule has 192 valence electrons. The van der Waals surface area contributed by atoms with Gasteiger partial charge in [0.05, 0.1) is 34.0 Å². The molecule has 0 saturated heterocycles. The number of rotatable bonds is 6. The molecule has 0 amide bonds. The molecule has 0 unspecified atom stereocenters. The van der Waals surface area contributed by atoms with Crippen molar-refractivity contribution in [2.75, 3.05) is 6.61 Å². The Morgan fingerprint density at radius 1 is 1.13 bits per heavy atom. The van der Waals surface area contributed by atoms with Crippen molar-refractivity contribution in [3.05, 3.63) is 114 Å². The monoisotopic (exact) mass is 548 g/mol. The number of allylic oxidation sites excluding steroid dienone is 1. The van der Waals surface area contributed by atoms with Gasteiger partial charge in [-0.25, -0.2) is 14.6 Å². The second-order valence-corrected chi connectivity index (χ2v) is 9.88. The van der Waals surface area contributed by atoms with Gasteiger partial charge in [0.1, 0.15) is 11.5 Å². The van der Waals surface area contributed by atoms with Crippen LogP contribution in [0.5, 0.6) is 0 Å². The number of hydrogen-bond donors (Lipinski definition) is 1. The number of nitrogens with zero attached hydrogens (tertiary/aromatic N) is 2. The molecule has 1 atom stereocenters. The van der Waals surface area contributed by atoms with Gasteiger partial charge in [0.15, 0.2) is 4.80 Å². The number of carbonyl (C=O) groups excluding carboxylic acids is 1. The number of thiazole rings is 1. The summed E-state index contributed by atoms with van der Waals surface area (Å²) in [6.45, 7) is 3.63. The molecule has 2 aromatic carbocycles. The third-order valence-corrected chi connectivity index (χ3v) is 7.25. The van der Waals surface area contributed by atoms with E-state index in [2.05, 4.69) is 4.99 Å². The van der Waals surface area contributed by atoms with Crippen LogP contribution in [-0.2, 0) is 9.53 Å². The van der Waals surface area contributed by atoms with Crippen LogP contribution in [0.25, 0.3) is 17.4 Å². The van der Waals surface area contributed by atoms with Crippen molar-refractivity contribution in [2.45, 2.75) is 19.9 Å². The molecule has 4 aromatic rings. The summed E-state index contributed by atoms with van der Waals surface area (Å²) in [6, 6.07) is 16.0. The molecule has 10 heteroatoms. The highest BCUT2D eigenvalue weighted by molar-refractivity contribution is 7.07. The lowest BCUT2D eigenvalue weighted by Crippen LogP contribution is -2.39. The first-order valence-electron chi connectivity index (χ1n) is 11.7. The maximum Gasteiger partial charge on any atom is 0.338 e. The minimum atomic E-state index is -1.01. The van der Waals surface area contributed by atoms with Crippen molar-refractivity contribution in [2.24, 2.45) is 4.99 Å². The summed E-state index contributed by atoms with van der Waals surface area (Å²) in [7, 11) is 0. The normalized spacial score (nSPS) is 15.2. The largest absolute Gasteiger partial charge is 0.478 e. The number of carboxylic acids is 1. The van der Waals surface area contributed by atoms with Gasteiger partial charge in [-0.2, -0.15) is 0 Å². The predicted octanol–water partition coefficient (Wildman–Crippen LogP) is 4.41. The Hall–Kier alpha value is -4.21. The van der Waals surface area contributed by atoms with E-state index in [0.29, 0.717) is 48.3 Å². The number of ether oxygens (including phenoxy) is 1. The highest BCUT2D eigenvalue weighted by atomic mass is 35.5. The molecule has 0 aliphatic carbocycles. The lowest BCUT2D eigenvalue weighted by molar-refractivity contribution is -0.139. The molecule has 1 aliphatic heterocycles. The zero-order valence-electron chi connectivity index (χ0n) is 20.3. The fraction of sp³-hybridized carbons (Fsp3) is 0.143. The number of furan rings is 1. The molecular weight excluding hydrogens is 528 g/mol. The van der Waals surface area contributed by atoms with Crippen molar-refractivity contribution in [1.82, 2.24) is 4.57 Å². The Labute approximate surface area is 225 Å². The maximum absolute atomic E-state index is 13.7. The molecule has 1 aliphatic rings. The van der Waals surface area contributed by atoms with Crippen LogP contribution in [0.4, 0.5) is 0 Å². The second kappa shape index (κ2) is 10.3. The highest BCUT2D eigenvalue weighted by Crippen LogP contribution is 2.31. The first kappa shape index (κ1) is 25.4. The molecule has 0 fully saturated rings. The van der Waals surface area contributed by atoms with Crippen LogP contribution in [0.2, 0.25) is 5.02 Å². The molecule has 38 heavy (non-hydrogen) atoms. The van der Waals surface area contributed by atoms with Gasteiger partial charge in [-0.3, -0.25) is 9.36 Å². The van der Waals surface area contributed by atoms with E-state index in [4.69, 9.17) is 25.9 Å². The van der Waals surface area contributed by atoms with Crippen LogP contribution in [0, 0.1) is 0 Å². The fourth-order valence-corrected chi connectivity index (χ4v) is 5.40. The number of benzene rings is 2. The predicted molar refractivity (Wildman–Crippen MR) is 143 cm³/mol. The quantitative estimate of drug-likeness (QED) is 0.357. The van der Waals surface area contributed by atoms with Gasteiger partial charge in [-0.1, -0.05) is 47.2 Å². The van der Waals surface area contributed by atoms with Crippen LogP contribution in [0.1, 0.15) is 41.6 Å². The number of hydrogen-bond acceptors (Lipinski definition) is 7. The Balaban J connectivity index is 1.59. The summed E-state index contributed by atoms with van der Waals surface area (Å²) in [5.41, 5.74) is 2.01. The smallest absolute Gasteiger partial charge is 0.338 e. The first-order valence-corrected chi connectivity index (χ1v) is 12.8. The standard InChI is InChI=1S/C28H21ClN2O6S/c1-3-36-27(35)23-15(2)30-28-31(24(23)17-8-10-19(29)11-9-17)25(32)22(38-28)14-20-12-13-21(37-20)16-4-6-18(7-5-16)26(33)34/h4-14,24H,3H2,1-2H3,(H,33,34)/b22-14+/t24-/m0/s1. The van der Waals surface area contributed by atoms with Crippen LogP contribution in [-0.4, -0.2) is 28.2 Å². The van der Waals surface area contributed by atoms with Gasteiger partial charge in [-0.15, -0.1) is 0 Å². The SMILES string of the molecule is CCOC(=O)C1=C(C)N=c2s/c(=C/c3ccc(-c4ccc(C(=O)O)cc4)o3)c(=O)n2[C@H]1c1ccc(Cl)cc1. The first-order chi connectivity index (χ1) is 18.3. The number of carbonyl (C=O) groups is 2. The van der Waals surface area contributed by atoms with Gasteiger partial charge < -0.3 is 14.3 Å². The molecule has 0 saturated carbocycles. The number of aromatic carboxylic acids is 1. The summed E-state index contributed by atoms with van der Waals surface area (Å²) < 4.78 is 13.1. The molecular formula is C28H21ClN2O6S. The van der Waals surface area contributed by atoms with Crippen molar-refractivity contribution in [3.63, 3.8) is 0 Å². The summed E-state index contributed by atoms with van der Waals surface area (Å²) in [5, 5.41) is 9.64. The van der Waals surface area contributed by atoms with Gasteiger partial charge >= 0.3 is 11.9 Å². The van der Waals surface area contributed by atoms with Crippen molar-refractivity contribution in [3.8, 4) is 11.3 Å². The third kappa shape index (κ3) is 4.73. The van der Waals surface area contributed by atoms with E-state index in [9.17, 15) is 14.4 Å². The van der Waals surface area contributed by atoms with Gasteiger partial charge in [0.25, 0.3) is 5.56 Å². The van der Waals surface area contributed by atoms with Gasteiger partial charge in [0, 0.05) is 16.7 Å². The summed E-state index contributed by atoms with van der Waals surface area (Å²) in [5.74, 6) is -0.574. The van der Waals surface area contributed by atoms with Gasteiger partial charge in [-0.05, 0) is 55.8 Å². The van der Waals surface area contributed by atoms with Crippen molar-refractivity contribution < 1.29 is 23.8 Å². The van der Waals surface area contributed by atoms with E-state index in [1.165, 1.54) is 28.0 Å². The number of fused-ring (bicyclic) bond motifs is 1. The lowest BCUT2D eigenvalue weighted by atomic mass is 9.96. The van der Waals surface area contributed by atoms with Crippen LogP contribution in [0.15, 0.2) is 86.1 Å². The van der Waals surface area contributed by atoms with Crippen LogP contribution in [0.3, 0.4) is 0 Å². The zero-order valence-corrected chi connectivity index (χ0v) is 21.9. The number of halogens is 1. The topological polar surface area (TPSA) is 111 Å². The maximum atomic E-state index is 13.7. The van der Waals surface area contributed by atoms with E-state index >= 15 is 0 Å². The summed E-state index contributed by atoms with van der Waals surface area (Å²) in [6.07, 6.45) is 1.63. The molecule has 5 rings (SSSR count). The highest BCUT2D eigenvalue weighted by Gasteiger charge is 2.33. The Bertz CT molecular complexity index is 1760. The molecule has 1 N–H and O–H groups in total. The summed E-state index contributed by atoms with van der Waals surface area (Å²) >= 11 is 7.28. The van der Waals surface area contributed by atoms with Gasteiger partial charge in [0.2, 0.25) is 0 Å². The Morgan fingerprint density at radius 3 is 2.50 bits per heavy atom. The molecule has 8 nitrogen and oxygen atoms in total. The Kier molecular flexibility index (Phi) is 6.88. The zero-order chi connectivity index (χ0) is 27.0. The number of esters is 1. The van der Waals surface area contributed by atoms with E-state index < -0.39 is 18.0 Å². The van der Waals surface area contributed by atoms with E-state index in [1.54, 1.807) is 68.5 Å². The van der Waals surface area contributed by atoms with Crippen LogP contribution >= 0.6 is 22.9 Å². The minimum absolute atomic E-state index is 0.175. The molecule has 0 radical (unpaired) electrons. The fourth-order valence-electron chi connectivity index (χ4n) is 4.24. The van der Waals surface area contributed by atoms with E-state index in [-0.39, 0.29) is 17.7 Å². The van der Waals surface area contributed by atoms with E-state index in [0.717, 1.165) is 0 Å². The molecule has 3 heterocycles. The Morgan fingerprint density at radius 2 is 1.84 bits per heavy atom. The molecule has 2 aromatic heterocycles. The minimum Gasteiger partial charge on any atom is -0.478 e.